The Morgan fingerprint density at radius 1 is 1.07 bits per heavy atom. The smallest absolute Gasteiger partial charge is 0.343 e. The molecule has 0 atom stereocenters. The fourth-order valence-electron chi connectivity index (χ4n) is 4.30. The maximum absolute atomic E-state index is 13.4. The molecular formula is C30H16Br2ClN5O5. The van der Waals surface area contributed by atoms with Crippen LogP contribution < -0.4 is 10.2 Å². The molecule has 1 aromatic heterocycles. The summed E-state index contributed by atoms with van der Waals surface area (Å²) in [5, 5.41) is 25.7. The maximum Gasteiger partial charge on any atom is 0.343 e. The summed E-state index contributed by atoms with van der Waals surface area (Å²) in [5.41, 5.74) is 4.81. The number of nitro groups is 1. The molecule has 0 bridgehead atoms. The minimum atomic E-state index is -0.757. The first-order valence-electron chi connectivity index (χ1n) is 12.3. The van der Waals surface area contributed by atoms with E-state index in [4.69, 9.17) is 16.3 Å². The zero-order valence-corrected chi connectivity index (χ0v) is 25.5. The number of rotatable bonds is 7. The van der Waals surface area contributed by atoms with Crippen LogP contribution >= 0.6 is 43.5 Å². The molecule has 1 heterocycles. The number of carbonyl (C=O) groups excluding carboxylic acids is 2. The lowest BCUT2D eigenvalue weighted by atomic mass is 10.0. The Morgan fingerprint density at radius 3 is 2.51 bits per heavy atom. The molecule has 10 nitrogen and oxygen atoms in total. The average Bonchev–Trinajstić information content (AvgIpc) is 3.38. The fourth-order valence-corrected chi connectivity index (χ4v) is 5.87. The number of hydrazone groups is 1. The van der Waals surface area contributed by atoms with Crippen molar-refractivity contribution in [2.24, 2.45) is 5.10 Å². The summed E-state index contributed by atoms with van der Waals surface area (Å²) >= 11 is 13.2. The lowest BCUT2D eigenvalue weighted by Crippen LogP contribution is -2.19. The van der Waals surface area contributed by atoms with Crippen LogP contribution in [0.5, 0.6) is 5.75 Å². The molecule has 0 radical (unpaired) electrons. The van der Waals surface area contributed by atoms with E-state index >= 15 is 0 Å². The van der Waals surface area contributed by atoms with Crippen molar-refractivity contribution in [2.75, 3.05) is 0 Å². The van der Waals surface area contributed by atoms with Gasteiger partial charge in [0, 0.05) is 43.7 Å². The van der Waals surface area contributed by atoms with Crippen molar-refractivity contribution in [3.05, 3.63) is 125 Å². The number of aromatic amines is 1. The average molecular weight is 722 g/mol. The zero-order valence-electron chi connectivity index (χ0n) is 21.6. The number of hydrogen-bond donors (Lipinski definition) is 2. The molecule has 0 unspecified atom stereocenters. The molecule has 2 N–H and O–H groups in total. The molecule has 13 heteroatoms. The summed E-state index contributed by atoms with van der Waals surface area (Å²) in [4.78, 5) is 39.7. The first-order valence-corrected chi connectivity index (χ1v) is 14.2. The summed E-state index contributed by atoms with van der Waals surface area (Å²) in [5.74, 6) is -1.26. The van der Waals surface area contributed by atoms with Gasteiger partial charge in [0.1, 0.15) is 11.8 Å². The number of nitrogens with zero attached hydrogens (tertiary/aromatic N) is 3. The number of halogens is 3. The van der Waals surface area contributed by atoms with Crippen LogP contribution in [-0.2, 0) is 0 Å². The number of non-ortho nitro benzene ring substituents is 1. The summed E-state index contributed by atoms with van der Waals surface area (Å²) in [7, 11) is 0. The third-order valence-corrected chi connectivity index (χ3v) is 7.62. The number of nitrogens with one attached hydrogen (secondary N) is 2. The van der Waals surface area contributed by atoms with Gasteiger partial charge in [0.25, 0.3) is 11.6 Å². The van der Waals surface area contributed by atoms with Crippen molar-refractivity contribution in [1.29, 1.82) is 5.26 Å². The van der Waals surface area contributed by atoms with Crippen LogP contribution in [0.15, 0.2) is 92.9 Å². The van der Waals surface area contributed by atoms with E-state index in [1.54, 1.807) is 54.6 Å². The van der Waals surface area contributed by atoms with Crippen LogP contribution in [0.1, 0.15) is 32.0 Å². The second kappa shape index (κ2) is 12.6. The predicted molar refractivity (Wildman–Crippen MR) is 168 cm³/mol. The minimum absolute atomic E-state index is 0.0965. The van der Waals surface area contributed by atoms with Gasteiger partial charge in [-0.15, -0.1) is 0 Å². The van der Waals surface area contributed by atoms with E-state index in [1.807, 2.05) is 0 Å². The molecule has 1 amide bonds. The third-order valence-electron chi connectivity index (χ3n) is 6.24. The Hall–Kier alpha value is -4.83. The number of ether oxygens (including phenoxy) is 1. The van der Waals surface area contributed by atoms with Crippen molar-refractivity contribution in [3.8, 4) is 22.9 Å². The van der Waals surface area contributed by atoms with Gasteiger partial charge < -0.3 is 9.72 Å². The SMILES string of the molecule is N#Cc1cccc2c(-c3ccccc3Cl)c(C(=O)NN=Cc3cc(Br)cc(Br)c3OC(=O)c3ccc([N+](=O)[O-])cc3)[nH]c12. The normalized spacial score (nSPS) is 10.9. The largest absolute Gasteiger partial charge is 0.421 e. The van der Waals surface area contributed by atoms with Crippen LogP contribution in [0.4, 0.5) is 5.69 Å². The first kappa shape index (κ1) is 29.7. The van der Waals surface area contributed by atoms with Crippen molar-refractivity contribution in [1.82, 2.24) is 10.4 Å². The van der Waals surface area contributed by atoms with E-state index in [2.05, 4.69) is 53.4 Å². The minimum Gasteiger partial charge on any atom is -0.421 e. The van der Waals surface area contributed by atoms with Gasteiger partial charge in [-0.1, -0.05) is 57.9 Å². The highest BCUT2D eigenvalue weighted by Crippen LogP contribution is 2.38. The number of hydrogen-bond acceptors (Lipinski definition) is 7. The van der Waals surface area contributed by atoms with Crippen LogP contribution in [0.3, 0.4) is 0 Å². The van der Waals surface area contributed by atoms with Crippen molar-refractivity contribution in [2.45, 2.75) is 0 Å². The Balaban J connectivity index is 1.45. The molecule has 0 fully saturated rings. The Kier molecular flexibility index (Phi) is 8.68. The Morgan fingerprint density at radius 2 is 1.81 bits per heavy atom. The van der Waals surface area contributed by atoms with Gasteiger partial charge in [-0.05, 0) is 52.3 Å². The molecule has 212 valence electrons. The molecule has 0 aliphatic heterocycles. The van der Waals surface area contributed by atoms with E-state index in [9.17, 15) is 25.0 Å². The molecule has 43 heavy (non-hydrogen) atoms. The number of nitriles is 1. The Labute approximate surface area is 265 Å². The van der Waals surface area contributed by atoms with Gasteiger partial charge >= 0.3 is 5.97 Å². The second-order valence-electron chi connectivity index (χ2n) is 8.89. The lowest BCUT2D eigenvalue weighted by molar-refractivity contribution is -0.384. The number of amides is 1. The van der Waals surface area contributed by atoms with Gasteiger partial charge in [-0.2, -0.15) is 10.4 Å². The highest BCUT2D eigenvalue weighted by Gasteiger charge is 2.22. The highest BCUT2D eigenvalue weighted by molar-refractivity contribution is 9.11. The predicted octanol–water partition coefficient (Wildman–Crippen LogP) is 7.78. The Bertz CT molecular complexity index is 2000. The van der Waals surface area contributed by atoms with Crippen LogP contribution in [-0.4, -0.2) is 28.0 Å². The second-order valence-corrected chi connectivity index (χ2v) is 11.1. The van der Waals surface area contributed by atoms with Gasteiger partial charge in [0.05, 0.1) is 32.3 Å². The standard InChI is InChI=1S/C30H16Br2ClN5O5/c31-19-12-18(28(23(32)13-19)43-30(40)16-8-10-20(11-9-16)38(41)42)15-35-37-29(39)27-25(21-5-1-2-7-24(21)33)22-6-3-4-17(14-34)26(22)36-27/h1-13,15,36H,(H,37,39). The van der Waals surface area contributed by atoms with Crippen LogP contribution in [0, 0.1) is 21.4 Å². The monoisotopic (exact) mass is 719 g/mol. The summed E-state index contributed by atoms with van der Waals surface area (Å²) in [6, 6.07) is 22.6. The van der Waals surface area contributed by atoms with Crippen LogP contribution in [0.25, 0.3) is 22.0 Å². The number of benzene rings is 4. The first-order chi connectivity index (χ1) is 20.7. The summed E-state index contributed by atoms with van der Waals surface area (Å²) < 4.78 is 6.62. The number of carbonyl (C=O) groups is 2. The molecule has 4 aromatic carbocycles. The molecule has 0 saturated carbocycles. The molecule has 0 saturated heterocycles. The van der Waals surface area contributed by atoms with E-state index in [0.29, 0.717) is 47.1 Å². The summed E-state index contributed by atoms with van der Waals surface area (Å²) in [6.45, 7) is 0. The zero-order chi connectivity index (χ0) is 30.7. The molecule has 0 spiro atoms. The lowest BCUT2D eigenvalue weighted by Gasteiger charge is -2.11. The topological polar surface area (TPSA) is 150 Å². The van der Waals surface area contributed by atoms with Gasteiger partial charge in [0.2, 0.25) is 0 Å². The fraction of sp³-hybridized carbons (Fsp3) is 0. The van der Waals surface area contributed by atoms with Crippen molar-refractivity contribution >= 4 is 78.1 Å². The van der Waals surface area contributed by atoms with E-state index < -0.39 is 16.8 Å². The number of nitro benzene ring substituents is 1. The maximum atomic E-state index is 13.4. The van der Waals surface area contributed by atoms with Gasteiger partial charge in [-0.3, -0.25) is 14.9 Å². The van der Waals surface area contributed by atoms with Gasteiger partial charge in [0.15, 0.2) is 5.75 Å². The highest BCUT2D eigenvalue weighted by atomic mass is 79.9. The van der Waals surface area contributed by atoms with Gasteiger partial charge in [-0.25, -0.2) is 10.2 Å². The number of esters is 1. The third kappa shape index (κ3) is 6.19. The quantitative estimate of drug-likeness (QED) is 0.0576. The van der Waals surface area contributed by atoms with Crippen molar-refractivity contribution < 1.29 is 19.2 Å². The molecule has 5 aromatic rings. The molecule has 0 aliphatic rings. The van der Waals surface area contributed by atoms with E-state index in [-0.39, 0.29) is 22.7 Å². The molecular weight excluding hydrogens is 706 g/mol. The summed E-state index contributed by atoms with van der Waals surface area (Å²) in [6.07, 6.45) is 1.30. The van der Waals surface area contributed by atoms with E-state index in [0.717, 1.165) is 0 Å². The van der Waals surface area contributed by atoms with E-state index in [1.165, 1.54) is 30.5 Å². The van der Waals surface area contributed by atoms with Crippen molar-refractivity contribution in [3.63, 3.8) is 0 Å². The van der Waals surface area contributed by atoms with Crippen LogP contribution in [0.2, 0.25) is 5.02 Å². The molecule has 0 aliphatic carbocycles. The number of aromatic nitrogens is 1. The molecule has 5 rings (SSSR count). The number of para-hydroxylation sites is 1. The number of H-pyrrole nitrogens is 1. The number of fused-ring (bicyclic) bond motifs is 1.